The minimum atomic E-state index is -0.0313. The van der Waals surface area contributed by atoms with Crippen LogP contribution in [0.1, 0.15) is 18.5 Å². The van der Waals surface area contributed by atoms with Crippen LogP contribution in [0.25, 0.3) is 0 Å². The Morgan fingerprint density at radius 3 is 2.59 bits per heavy atom. The average molecular weight is 401 g/mol. The second-order valence-electron chi connectivity index (χ2n) is 5.72. The van der Waals surface area contributed by atoms with Crippen molar-refractivity contribution in [3.63, 3.8) is 0 Å². The topological polar surface area (TPSA) is 76.1 Å². The number of hydrogen-bond acceptors (Lipinski definition) is 7. The number of aromatic nitrogens is 2. The SMILES string of the molecule is COc1ccc(Nc2nnc(SCC(=O)N[C@H](C)c3ccccc3)s2)cc1. The van der Waals surface area contributed by atoms with Gasteiger partial charge in [0.2, 0.25) is 11.0 Å². The largest absolute Gasteiger partial charge is 0.497 e. The fourth-order valence-corrected chi connectivity index (χ4v) is 3.94. The second-order valence-corrected chi connectivity index (χ2v) is 7.92. The molecule has 1 amide bonds. The summed E-state index contributed by atoms with van der Waals surface area (Å²) in [5.74, 6) is 1.06. The highest BCUT2D eigenvalue weighted by atomic mass is 32.2. The van der Waals surface area contributed by atoms with E-state index in [2.05, 4.69) is 20.8 Å². The van der Waals surface area contributed by atoms with Crippen molar-refractivity contribution in [2.75, 3.05) is 18.2 Å². The number of hydrogen-bond donors (Lipinski definition) is 2. The Morgan fingerprint density at radius 1 is 1.15 bits per heavy atom. The van der Waals surface area contributed by atoms with Gasteiger partial charge in [0.1, 0.15) is 5.75 Å². The Kier molecular flexibility index (Phi) is 6.67. The van der Waals surface area contributed by atoms with Crippen LogP contribution in [-0.2, 0) is 4.79 Å². The van der Waals surface area contributed by atoms with Gasteiger partial charge in [-0.2, -0.15) is 0 Å². The van der Waals surface area contributed by atoms with E-state index in [1.807, 2.05) is 61.5 Å². The van der Waals surface area contributed by atoms with E-state index in [0.717, 1.165) is 21.3 Å². The lowest BCUT2D eigenvalue weighted by Crippen LogP contribution is -2.28. The lowest BCUT2D eigenvalue weighted by atomic mass is 10.1. The molecule has 0 radical (unpaired) electrons. The van der Waals surface area contributed by atoms with Crippen LogP contribution in [0.2, 0.25) is 0 Å². The van der Waals surface area contributed by atoms with Crippen LogP contribution in [0.3, 0.4) is 0 Å². The van der Waals surface area contributed by atoms with Crippen molar-refractivity contribution in [3.8, 4) is 5.75 Å². The summed E-state index contributed by atoms with van der Waals surface area (Å²) in [7, 11) is 1.63. The minimum Gasteiger partial charge on any atom is -0.497 e. The molecule has 1 aromatic heterocycles. The first-order valence-corrected chi connectivity index (χ1v) is 10.2. The molecule has 1 atom stereocenters. The van der Waals surface area contributed by atoms with Crippen molar-refractivity contribution >= 4 is 39.8 Å². The van der Waals surface area contributed by atoms with E-state index in [0.29, 0.717) is 10.9 Å². The Labute approximate surface area is 166 Å². The summed E-state index contributed by atoms with van der Waals surface area (Å²) in [4.78, 5) is 12.2. The highest BCUT2D eigenvalue weighted by Crippen LogP contribution is 2.28. The molecule has 0 unspecified atom stereocenters. The summed E-state index contributed by atoms with van der Waals surface area (Å²) in [5, 5.41) is 15.1. The van der Waals surface area contributed by atoms with Gasteiger partial charge in [-0.1, -0.05) is 53.4 Å². The summed E-state index contributed by atoms with van der Waals surface area (Å²) in [6.45, 7) is 1.97. The van der Waals surface area contributed by atoms with Crippen LogP contribution in [0.15, 0.2) is 58.9 Å². The highest BCUT2D eigenvalue weighted by molar-refractivity contribution is 8.01. The Bertz CT molecular complexity index is 869. The lowest BCUT2D eigenvalue weighted by molar-refractivity contribution is -0.119. The molecular weight excluding hydrogens is 380 g/mol. The van der Waals surface area contributed by atoms with E-state index in [1.54, 1.807) is 7.11 Å². The first kappa shape index (κ1) is 19.2. The van der Waals surface area contributed by atoms with Crippen LogP contribution in [0.5, 0.6) is 5.75 Å². The zero-order chi connectivity index (χ0) is 19.1. The molecule has 140 valence electrons. The molecule has 2 N–H and O–H groups in total. The number of ether oxygens (including phenoxy) is 1. The van der Waals surface area contributed by atoms with E-state index < -0.39 is 0 Å². The average Bonchev–Trinajstić information content (AvgIpc) is 3.15. The molecule has 0 saturated heterocycles. The molecule has 0 aliphatic heterocycles. The van der Waals surface area contributed by atoms with E-state index in [1.165, 1.54) is 23.1 Å². The predicted molar refractivity (Wildman–Crippen MR) is 110 cm³/mol. The number of rotatable bonds is 8. The van der Waals surface area contributed by atoms with Crippen molar-refractivity contribution < 1.29 is 9.53 Å². The standard InChI is InChI=1S/C19H20N4O2S2/c1-13(14-6-4-3-5-7-14)20-17(24)12-26-19-23-22-18(27-19)21-15-8-10-16(25-2)11-9-15/h3-11,13H,12H2,1-2H3,(H,20,24)(H,21,22)/t13-/m1/s1. The maximum absolute atomic E-state index is 12.2. The van der Waals surface area contributed by atoms with Gasteiger partial charge in [0, 0.05) is 5.69 Å². The highest BCUT2D eigenvalue weighted by Gasteiger charge is 2.12. The predicted octanol–water partition coefficient (Wildman–Crippen LogP) is 4.26. The van der Waals surface area contributed by atoms with Crippen molar-refractivity contribution in [1.29, 1.82) is 0 Å². The molecule has 2 aromatic carbocycles. The van der Waals surface area contributed by atoms with Crippen LogP contribution >= 0.6 is 23.1 Å². The Balaban J connectivity index is 1.48. The van der Waals surface area contributed by atoms with Crippen molar-refractivity contribution in [2.24, 2.45) is 0 Å². The van der Waals surface area contributed by atoms with E-state index in [9.17, 15) is 4.79 Å². The maximum Gasteiger partial charge on any atom is 0.230 e. The summed E-state index contributed by atoms with van der Waals surface area (Å²) in [6, 6.07) is 17.4. The summed E-state index contributed by atoms with van der Waals surface area (Å²) >= 11 is 2.79. The number of carbonyl (C=O) groups is 1. The molecule has 0 bridgehead atoms. The molecule has 3 rings (SSSR count). The number of anilines is 2. The van der Waals surface area contributed by atoms with Crippen LogP contribution in [0.4, 0.5) is 10.8 Å². The molecule has 3 aromatic rings. The summed E-state index contributed by atoms with van der Waals surface area (Å²) in [6.07, 6.45) is 0. The van der Waals surface area contributed by atoms with Gasteiger partial charge in [0.05, 0.1) is 18.9 Å². The van der Waals surface area contributed by atoms with E-state index in [4.69, 9.17) is 4.74 Å². The Hall–Kier alpha value is -2.58. The van der Waals surface area contributed by atoms with E-state index >= 15 is 0 Å². The normalized spacial score (nSPS) is 11.6. The maximum atomic E-state index is 12.2. The Morgan fingerprint density at radius 2 is 1.89 bits per heavy atom. The van der Waals surface area contributed by atoms with Crippen molar-refractivity contribution in [2.45, 2.75) is 17.3 Å². The third kappa shape index (κ3) is 5.70. The number of nitrogens with zero attached hydrogens (tertiary/aromatic N) is 2. The van der Waals surface area contributed by atoms with Crippen LogP contribution in [0, 0.1) is 0 Å². The summed E-state index contributed by atoms with van der Waals surface area (Å²) < 4.78 is 5.88. The molecule has 0 aliphatic carbocycles. The number of nitrogens with one attached hydrogen (secondary N) is 2. The van der Waals surface area contributed by atoms with Crippen molar-refractivity contribution in [3.05, 3.63) is 60.2 Å². The van der Waals surface area contributed by atoms with Gasteiger partial charge >= 0.3 is 0 Å². The number of carbonyl (C=O) groups excluding carboxylic acids is 1. The molecule has 0 aliphatic rings. The van der Waals surface area contributed by atoms with Gasteiger partial charge in [-0.15, -0.1) is 10.2 Å². The molecule has 0 fully saturated rings. The minimum absolute atomic E-state index is 0.0268. The lowest BCUT2D eigenvalue weighted by Gasteiger charge is -2.13. The smallest absolute Gasteiger partial charge is 0.230 e. The number of thioether (sulfide) groups is 1. The van der Waals surface area contributed by atoms with Crippen LogP contribution in [-0.4, -0.2) is 29.0 Å². The fourth-order valence-electron chi connectivity index (χ4n) is 2.35. The monoisotopic (exact) mass is 400 g/mol. The second kappa shape index (κ2) is 9.38. The molecule has 0 saturated carbocycles. The van der Waals surface area contributed by atoms with Gasteiger partial charge in [-0.3, -0.25) is 4.79 Å². The van der Waals surface area contributed by atoms with E-state index in [-0.39, 0.29) is 11.9 Å². The van der Waals surface area contributed by atoms with Gasteiger partial charge in [0.15, 0.2) is 4.34 Å². The third-order valence-corrected chi connectivity index (χ3v) is 5.72. The fraction of sp³-hybridized carbons (Fsp3) is 0.211. The molecule has 1 heterocycles. The van der Waals surface area contributed by atoms with Gasteiger partial charge in [0.25, 0.3) is 0 Å². The number of methoxy groups -OCH3 is 1. The van der Waals surface area contributed by atoms with Gasteiger partial charge < -0.3 is 15.4 Å². The molecule has 8 heteroatoms. The number of benzene rings is 2. The van der Waals surface area contributed by atoms with Crippen LogP contribution < -0.4 is 15.4 Å². The molecule has 0 spiro atoms. The zero-order valence-corrected chi connectivity index (χ0v) is 16.6. The van der Waals surface area contributed by atoms with Gasteiger partial charge in [-0.05, 0) is 36.8 Å². The molecule has 6 nitrogen and oxygen atoms in total. The zero-order valence-electron chi connectivity index (χ0n) is 15.0. The number of amides is 1. The van der Waals surface area contributed by atoms with Crippen molar-refractivity contribution in [1.82, 2.24) is 15.5 Å². The first-order chi connectivity index (χ1) is 13.1. The third-order valence-electron chi connectivity index (χ3n) is 3.75. The molecular formula is C19H20N4O2S2. The first-order valence-electron chi connectivity index (χ1n) is 8.36. The molecule has 27 heavy (non-hydrogen) atoms. The quantitative estimate of drug-likeness (QED) is 0.550. The summed E-state index contributed by atoms with van der Waals surface area (Å²) in [5.41, 5.74) is 1.98. The van der Waals surface area contributed by atoms with Gasteiger partial charge in [-0.25, -0.2) is 0 Å².